The van der Waals surface area contributed by atoms with E-state index in [0.717, 1.165) is 16.8 Å². The summed E-state index contributed by atoms with van der Waals surface area (Å²) in [6.45, 7) is 2.82. The molecule has 2 aromatic heterocycles. The van der Waals surface area contributed by atoms with Crippen LogP contribution in [0.5, 0.6) is 0 Å². The lowest BCUT2D eigenvalue weighted by molar-refractivity contribution is -0.168. The molecule has 146 valence electrons. The van der Waals surface area contributed by atoms with Gasteiger partial charge in [0, 0.05) is 17.8 Å². The van der Waals surface area contributed by atoms with Crippen molar-refractivity contribution in [3.63, 3.8) is 0 Å². The summed E-state index contributed by atoms with van der Waals surface area (Å²) in [6, 6.07) is 11.1. The van der Waals surface area contributed by atoms with Crippen LogP contribution in [-0.4, -0.2) is 51.2 Å². The fourth-order valence-electron chi connectivity index (χ4n) is 3.89. The number of benzene rings is 1. The molecule has 2 aliphatic heterocycles. The molecule has 0 amide bonds. The van der Waals surface area contributed by atoms with Gasteiger partial charge in [-0.1, -0.05) is 35.5 Å². The van der Waals surface area contributed by atoms with Gasteiger partial charge in [0.25, 0.3) is 0 Å². The lowest BCUT2D eigenvalue weighted by atomic mass is 9.96. The molecule has 0 saturated carbocycles. The Hall–Kier alpha value is -2.52. The van der Waals surface area contributed by atoms with Gasteiger partial charge in [0.05, 0.1) is 31.5 Å². The van der Waals surface area contributed by atoms with Gasteiger partial charge in [-0.05, 0) is 12.5 Å². The second-order valence-electron chi connectivity index (χ2n) is 7.31. The molecule has 1 aromatic carbocycles. The van der Waals surface area contributed by atoms with Crippen molar-refractivity contribution in [3.05, 3.63) is 60.1 Å². The third-order valence-corrected chi connectivity index (χ3v) is 5.31. The highest BCUT2D eigenvalue weighted by Gasteiger charge is 2.51. The van der Waals surface area contributed by atoms with Gasteiger partial charge in [0.15, 0.2) is 12.1 Å². The summed E-state index contributed by atoms with van der Waals surface area (Å²) < 4.78 is 18.9. The van der Waals surface area contributed by atoms with Crippen molar-refractivity contribution in [1.29, 1.82) is 0 Å². The van der Waals surface area contributed by atoms with Crippen LogP contribution in [0.4, 0.5) is 0 Å². The van der Waals surface area contributed by atoms with Gasteiger partial charge >= 0.3 is 0 Å². The highest BCUT2D eigenvalue weighted by molar-refractivity contribution is 5.58. The zero-order valence-corrected chi connectivity index (χ0v) is 15.4. The lowest BCUT2D eigenvalue weighted by Gasteiger charge is -2.38. The summed E-state index contributed by atoms with van der Waals surface area (Å²) in [5.41, 5.74) is 2.80. The Morgan fingerprint density at radius 3 is 2.93 bits per heavy atom. The summed E-state index contributed by atoms with van der Waals surface area (Å²) in [4.78, 5) is 0. The van der Waals surface area contributed by atoms with Gasteiger partial charge in [0.1, 0.15) is 17.8 Å². The smallest absolute Gasteiger partial charge is 0.183 e. The van der Waals surface area contributed by atoms with Crippen LogP contribution in [0.3, 0.4) is 0 Å². The molecule has 0 aliphatic carbocycles. The second kappa shape index (κ2) is 7.14. The number of hydrogen-bond acceptors (Lipinski definition) is 7. The van der Waals surface area contributed by atoms with E-state index >= 15 is 0 Å². The van der Waals surface area contributed by atoms with Crippen LogP contribution in [0.25, 0.3) is 11.3 Å². The molecule has 5 atom stereocenters. The molecule has 8 nitrogen and oxygen atoms in total. The third-order valence-electron chi connectivity index (χ3n) is 5.31. The maximum absolute atomic E-state index is 11.0. The zero-order chi connectivity index (χ0) is 19.1. The van der Waals surface area contributed by atoms with Crippen LogP contribution in [-0.2, 0) is 16.0 Å². The van der Waals surface area contributed by atoms with Crippen molar-refractivity contribution in [2.24, 2.45) is 0 Å². The molecule has 28 heavy (non-hydrogen) atoms. The van der Waals surface area contributed by atoms with Crippen molar-refractivity contribution >= 4 is 0 Å². The number of ether oxygens (including phenoxy) is 2. The summed E-state index contributed by atoms with van der Waals surface area (Å²) >= 11 is 0. The Kier molecular flexibility index (Phi) is 4.48. The summed E-state index contributed by atoms with van der Waals surface area (Å²) in [5, 5.41) is 22.8. The molecule has 2 bridgehead atoms. The maximum Gasteiger partial charge on any atom is 0.183 e. The van der Waals surface area contributed by atoms with Gasteiger partial charge in [-0.15, -0.1) is 0 Å². The van der Waals surface area contributed by atoms with Gasteiger partial charge in [0.2, 0.25) is 0 Å². The Labute approximate surface area is 162 Å². The standard InChI is InChI=1S/C20H22N4O4/c1-12-8-22-24(10-12)18-19(25)17(16-11-26-20(18)27-16)21-9-14-7-15(23-28-14)13-5-3-2-4-6-13/h2-8,10,16-21,25H,9,11H2,1H3. The van der Waals surface area contributed by atoms with Gasteiger partial charge in [-0.3, -0.25) is 4.68 Å². The van der Waals surface area contributed by atoms with E-state index in [1.54, 1.807) is 10.9 Å². The summed E-state index contributed by atoms with van der Waals surface area (Å²) in [6.07, 6.45) is 2.23. The predicted molar refractivity (Wildman–Crippen MR) is 99.2 cm³/mol. The third kappa shape index (κ3) is 3.14. The first-order chi connectivity index (χ1) is 13.7. The summed E-state index contributed by atoms with van der Waals surface area (Å²) in [7, 11) is 0. The fourth-order valence-corrected chi connectivity index (χ4v) is 3.89. The molecule has 2 fully saturated rings. The zero-order valence-electron chi connectivity index (χ0n) is 15.4. The summed E-state index contributed by atoms with van der Waals surface area (Å²) in [5.74, 6) is 0.693. The van der Waals surface area contributed by atoms with Gasteiger partial charge in [-0.2, -0.15) is 5.10 Å². The van der Waals surface area contributed by atoms with Crippen LogP contribution >= 0.6 is 0 Å². The van der Waals surface area contributed by atoms with E-state index in [2.05, 4.69) is 15.6 Å². The number of hydrogen-bond donors (Lipinski definition) is 2. The quantitative estimate of drug-likeness (QED) is 0.693. The normalized spacial score (nSPS) is 29.3. The van der Waals surface area contributed by atoms with Crippen molar-refractivity contribution < 1.29 is 19.1 Å². The molecule has 0 spiro atoms. The molecule has 2 aliphatic rings. The molecular weight excluding hydrogens is 360 g/mol. The van der Waals surface area contributed by atoms with Crippen molar-refractivity contribution in [1.82, 2.24) is 20.3 Å². The molecule has 2 saturated heterocycles. The minimum atomic E-state index is -0.706. The average molecular weight is 382 g/mol. The Morgan fingerprint density at radius 2 is 2.14 bits per heavy atom. The van der Waals surface area contributed by atoms with E-state index in [-0.39, 0.29) is 12.1 Å². The van der Waals surface area contributed by atoms with Gasteiger partial charge in [-0.25, -0.2) is 0 Å². The number of rotatable bonds is 5. The number of aromatic nitrogens is 3. The largest absolute Gasteiger partial charge is 0.389 e. The number of fused-ring (bicyclic) bond motifs is 2. The number of aryl methyl sites for hydroxylation is 1. The second-order valence-corrected chi connectivity index (χ2v) is 7.31. The molecular formula is C20H22N4O4. The molecule has 5 unspecified atom stereocenters. The number of aliphatic hydroxyl groups excluding tert-OH is 1. The predicted octanol–water partition coefficient (Wildman–Crippen LogP) is 1.66. The molecule has 0 radical (unpaired) electrons. The first-order valence-electron chi connectivity index (χ1n) is 9.39. The lowest BCUT2D eigenvalue weighted by Crippen LogP contribution is -2.57. The highest BCUT2D eigenvalue weighted by Crippen LogP contribution is 2.35. The van der Waals surface area contributed by atoms with E-state index in [1.165, 1.54) is 0 Å². The molecule has 2 N–H and O–H groups in total. The molecule has 5 rings (SSSR count). The van der Waals surface area contributed by atoms with Crippen molar-refractivity contribution in [2.45, 2.75) is 44.1 Å². The first-order valence-corrected chi connectivity index (χ1v) is 9.39. The van der Waals surface area contributed by atoms with Crippen molar-refractivity contribution in [2.75, 3.05) is 6.61 Å². The molecule has 8 heteroatoms. The van der Waals surface area contributed by atoms with E-state index in [0.29, 0.717) is 18.9 Å². The topological polar surface area (TPSA) is 94.6 Å². The van der Waals surface area contributed by atoms with E-state index in [9.17, 15) is 5.11 Å². The maximum atomic E-state index is 11.0. The van der Waals surface area contributed by atoms with Crippen LogP contribution in [0, 0.1) is 6.92 Å². The molecule has 4 heterocycles. The van der Waals surface area contributed by atoms with Gasteiger partial charge < -0.3 is 24.4 Å². The number of nitrogens with zero attached hydrogens (tertiary/aromatic N) is 3. The van der Waals surface area contributed by atoms with E-state index < -0.39 is 18.4 Å². The van der Waals surface area contributed by atoms with Crippen LogP contribution < -0.4 is 5.32 Å². The van der Waals surface area contributed by atoms with Crippen LogP contribution in [0.2, 0.25) is 0 Å². The van der Waals surface area contributed by atoms with E-state index in [4.69, 9.17) is 14.0 Å². The van der Waals surface area contributed by atoms with E-state index in [1.807, 2.05) is 49.5 Å². The monoisotopic (exact) mass is 382 g/mol. The highest BCUT2D eigenvalue weighted by atomic mass is 16.7. The minimum absolute atomic E-state index is 0.218. The van der Waals surface area contributed by atoms with Crippen LogP contribution in [0.1, 0.15) is 17.4 Å². The SMILES string of the molecule is Cc1cnn(C2C3OCC(O3)C(NCc3cc(-c4ccccc4)no3)C2O)c1. The first kappa shape index (κ1) is 17.6. The number of nitrogens with one attached hydrogen (secondary N) is 1. The Morgan fingerprint density at radius 1 is 1.29 bits per heavy atom. The Bertz CT molecular complexity index is 941. The minimum Gasteiger partial charge on any atom is -0.389 e. The van der Waals surface area contributed by atoms with Crippen molar-refractivity contribution in [3.8, 4) is 11.3 Å². The fraction of sp³-hybridized carbons (Fsp3) is 0.400. The Balaban J connectivity index is 1.30. The number of aliphatic hydroxyl groups is 1. The van der Waals surface area contributed by atoms with Crippen LogP contribution in [0.15, 0.2) is 53.3 Å². The molecule has 3 aromatic rings. The average Bonchev–Trinajstić information content (AvgIpc) is 3.44.